The number of carbonyl (C=O) groups is 1. The maximum Gasteiger partial charge on any atom is 0.417 e. The number of aromatic amines is 1. The monoisotopic (exact) mass is 605 g/mol. The molecule has 0 radical (unpaired) electrons. The number of alkyl halides is 3. The Hall–Kier alpha value is -4.01. The van der Waals surface area contributed by atoms with E-state index in [1.54, 1.807) is 12.1 Å². The van der Waals surface area contributed by atoms with Crippen LogP contribution in [-0.4, -0.2) is 72.3 Å². The number of piperazine rings is 1. The highest BCUT2D eigenvalue weighted by Gasteiger charge is 2.36. The Morgan fingerprint density at radius 3 is 2.51 bits per heavy atom. The first-order valence-corrected chi connectivity index (χ1v) is 13.7. The van der Waals surface area contributed by atoms with Crippen LogP contribution in [0.1, 0.15) is 36.2 Å². The van der Waals surface area contributed by atoms with Crippen LogP contribution >= 0.6 is 0 Å². The number of nitrogens with one attached hydrogen (secondary N) is 2. The molecule has 3 atom stereocenters. The Balaban J connectivity index is 1.51. The van der Waals surface area contributed by atoms with E-state index in [-0.39, 0.29) is 36.0 Å². The summed E-state index contributed by atoms with van der Waals surface area (Å²) in [6.45, 7) is 5.59. The third-order valence-corrected chi connectivity index (χ3v) is 7.70. The molecule has 2 aliphatic heterocycles. The van der Waals surface area contributed by atoms with Gasteiger partial charge in [0.05, 0.1) is 29.1 Å². The maximum atomic E-state index is 15.7. The van der Waals surface area contributed by atoms with Crippen LogP contribution in [0.25, 0.3) is 11.1 Å². The number of nitrogens with zero attached hydrogens (tertiary/aromatic N) is 3. The number of amides is 1. The summed E-state index contributed by atoms with van der Waals surface area (Å²) in [5, 5.41) is 2.55. The summed E-state index contributed by atoms with van der Waals surface area (Å²) in [6, 6.07) is 6.27. The normalized spacial score (nSPS) is 21.5. The lowest BCUT2D eigenvalue weighted by molar-refractivity contribution is -0.327. The first-order chi connectivity index (χ1) is 20.4. The van der Waals surface area contributed by atoms with Crippen LogP contribution in [0, 0.1) is 5.82 Å². The number of likely N-dealkylation sites (N-methyl/N-ethyl adjacent to an activating group) is 1. The zero-order valence-corrected chi connectivity index (χ0v) is 23.7. The predicted molar refractivity (Wildman–Crippen MR) is 149 cm³/mol. The molecular weight excluding hydrogens is 574 g/mol. The van der Waals surface area contributed by atoms with Crippen molar-refractivity contribution in [3.63, 3.8) is 0 Å². The number of carbonyl (C=O) groups excluding carboxylic acids is 1. The maximum absolute atomic E-state index is 15.7. The fourth-order valence-electron chi connectivity index (χ4n) is 5.15. The van der Waals surface area contributed by atoms with Gasteiger partial charge in [-0.2, -0.15) is 13.2 Å². The number of pyridine rings is 2. The zero-order valence-electron chi connectivity index (χ0n) is 23.7. The second-order valence-corrected chi connectivity index (χ2v) is 10.7. The molecule has 0 spiro atoms. The number of aromatic nitrogens is 2. The minimum atomic E-state index is -4.95. The van der Waals surface area contributed by atoms with Gasteiger partial charge in [-0.25, -0.2) is 19.1 Å². The van der Waals surface area contributed by atoms with Crippen LogP contribution in [0.5, 0.6) is 5.88 Å². The molecule has 10 nitrogen and oxygen atoms in total. The van der Waals surface area contributed by atoms with Crippen molar-refractivity contribution in [3.05, 3.63) is 70.0 Å². The van der Waals surface area contributed by atoms with Gasteiger partial charge in [0.1, 0.15) is 18.5 Å². The Morgan fingerprint density at radius 2 is 1.88 bits per heavy atom. The Morgan fingerprint density at radius 1 is 1.14 bits per heavy atom. The van der Waals surface area contributed by atoms with Gasteiger partial charge in [0.15, 0.2) is 0 Å². The van der Waals surface area contributed by atoms with Crippen molar-refractivity contribution in [1.29, 1.82) is 0 Å². The standard InChI is InChI=1S/C29H31F4N5O5/c1-16-13-38(14-17(2)37(16)3)25-10-23(30)20(18-4-5-27(35-11-18)43-19-6-7-41-42-15-19)8-24(25)36-28(40)21-12-34-26(39)9-22(21)29(31,32)33/h4-5,8-12,16-17,19H,6-7,13-15H2,1-3H3,(H,34,39)(H,36,40)/t16-,17+,19?. The number of anilines is 2. The lowest BCUT2D eigenvalue weighted by atomic mass is 10.0. The van der Waals surface area contributed by atoms with Crippen LogP contribution in [0.4, 0.5) is 28.9 Å². The number of halogens is 4. The van der Waals surface area contributed by atoms with Crippen molar-refractivity contribution in [3.8, 4) is 17.0 Å². The van der Waals surface area contributed by atoms with Crippen molar-refractivity contribution in [2.24, 2.45) is 0 Å². The lowest BCUT2D eigenvalue weighted by Crippen LogP contribution is -2.55. The molecule has 1 unspecified atom stereocenters. The van der Waals surface area contributed by atoms with Crippen LogP contribution in [0.3, 0.4) is 0 Å². The van der Waals surface area contributed by atoms with E-state index in [4.69, 9.17) is 14.5 Å². The molecule has 230 valence electrons. The lowest BCUT2D eigenvalue weighted by Gasteiger charge is -2.44. The molecule has 14 heteroatoms. The van der Waals surface area contributed by atoms with E-state index in [1.807, 2.05) is 25.8 Å². The Bertz CT molecular complexity index is 1510. The molecule has 0 saturated carbocycles. The van der Waals surface area contributed by atoms with Gasteiger partial charge in [-0.15, -0.1) is 0 Å². The molecule has 2 aromatic heterocycles. The fourth-order valence-corrected chi connectivity index (χ4v) is 5.15. The average molecular weight is 606 g/mol. The molecule has 2 fully saturated rings. The van der Waals surface area contributed by atoms with Crippen molar-refractivity contribution < 1.29 is 36.9 Å². The minimum Gasteiger partial charge on any atom is -0.472 e. The highest BCUT2D eigenvalue weighted by Crippen LogP contribution is 2.37. The van der Waals surface area contributed by atoms with Crippen molar-refractivity contribution >= 4 is 17.3 Å². The van der Waals surface area contributed by atoms with Gasteiger partial charge in [-0.05, 0) is 39.1 Å². The molecule has 1 aromatic carbocycles. The molecule has 43 heavy (non-hydrogen) atoms. The number of benzene rings is 1. The molecule has 2 aliphatic rings. The van der Waals surface area contributed by atoms with E-state index in [9.17, 15) is 22.8 Å². The summed E-state index contributed by atoms with van der Waals surface area (Å²) in [5.74, 6) is -1.43. The molecule has 4 heterocycles. The average Bonchev–Trinajstić information content (AvgIpc) is 2.97. The number of rotatable bonds is 6. The van der Waals surface area contributed by atoms with Crippen LogP contribution in [0.2, 0.25) is 0 Å². The second kappa shape index (κ2) is 12.3. The Kier molecular flexibility index (Phi) is 8.71. The van der Waals surface area contributed by atoms with Crippen molar-refractivity contribution in [2.75, 3.05) is 43.6 Å². The smallest absolute Gasteiger partial charge is 0.417 e. The van der Waals surface area contributed by atoms with E-state index in [2.05, 4.69) is 20.2 Å². The Labute approximate surface area is 244 Å². The minimum absolute atomic E-state index is 0.0697. The van der Waals surface area contributed by atoms with Gasteiger partial charge < -0.3 is 19.9 Å². The fraction of sp³-hybridized carbons (Fsp3) is 0.414. The summed E-state index contributed by atoms with van der Waals surface area (Å²) in [7, 11) is 1.98. The third kappa shape index (κ3) is 6.81. The number of ether oxygens (including phenoxy) is 1. The summed E-state index contributed by atoms with van der Waals surface area (Å²) in [5.41, 5.74) is -2.32. The molecule has 0 bridgehead atoms. The van der Waals surface area contributed by atoms with E-state index in [1.165, 1.54) is 18.3 Å². The zero-order chi connectivity index (χ0) is 30.9. The summed E-state index contributed by atoms with van der Waals surface area (Å²) in [4.78, 5) is 45.1. The molecule has 2 N–H and O–H groups in total. The number of hydrogen-bond donors (Lipinski definition) is 2. The van der Waals surface area contributed by atoms with Gasteiger partial charge in [0.2, 0.25) is 11.4 Å². The highest BCUT2D eigenvalue weighted by molar-refractivity contribution is 6.07. The van der Waals surface area contributed by atoms with E-state index >= 15 is 4.39 Å². The molecule has 2 saturated heterocycles. The third-order valence-electron chi connectivity index (χ3n) is 7.70. The van der Waals surface area contributed by atoms with Gasteiger partial charge in [-0.3, -0.25) is 14.5 Å². The number of H-pyrrole nitrogens is 1. The molecule has 3 aromatic rings. The molecular formula is C29H31F4N5O5. The highest BCUT2D eigenvalue weighted by atomic mass is 19.4. The van der Waals surface area contributed by atoms with Crippen molar-refractivity contribution in [2.45, 2.75) is 44.6 Å². The number of hydrogen-bond acceptors (Lipinski definition) is 8. The van der Waals surface area contributed by atoms with E-state index in [0.29, 0.717) is 49.3 Å². The van der Waals surface area contributed by atoms with E-state index < -0.39 is 34.6 Å². The second-order valence-electron chi connectivity index (χ2n) is 10.7. The molecule has 5 rings (SSSR count). The van der Waals surface area contributed by atoms with Crippen molar-refractivity contribution in [1.82, 2.24) is 14.9 Å². The van der Waals surface area contributed by atoms with Crippen LogP contribution in [0.15, 0.2) is 47.5 Å². The van der Waals surface area contributed by atoms with Gasteiger partial charge >= 0.3 is 6.18 Å². The summed E-state index contributed by atoms with van der Waals surface area (Å²) in [6.07, 6.45) is -2.48. The quantitative estimate of drug-likeness (QED) is 0.313. The van der Waals surface area contributed by atoms with Crippen LogP contribution < -0.4 is 20.5 Å². The molecule has 1 amide bonds. The van der Waals surface area contributed by atoms with Gasteiger partial charge in [0.25, 0.3) is 5.91 Å². The van der Waals surface area contributed by atoms with Gasteiger partial charge in [0, 0.05) is 67.2 Å². The topological polar surface area (TPSA) is 109 Å². The largest absolute Gasteiger partial charge is 0.472 e. The first-order valence-electron chi connectivity index (χ1n) is 13.7. The summed E-state index contributed by atoms with van der Waals surface area (Å²) >= 11 is 0. The van der Waals surface area contributed by atoms with Crippen LogP contribution in [-0.2, 0) is 16.0 Å². The van der Waals surface area contributed by atoms with E-state index in [0.717, 1.165) is 6.20 Å². The SMILES string of the molecule is C[C@@H]1CN(c2cc(F)c(-c3ccc(OC4CCOOC4)nc3)cc2NC(=O)c2c[nH]c(=O)cc2C(F)(F)F)C[C@H](C)N1C. The predicted octanol–water partition coefficient (Wildman–Crippen LogP) is 4.48. The molecule has 0 aliphatic carbocycles. The van der Waals surface area contributed by atoms with Gasteiger partial charge in [-0.1, -0.05) is 0 Å². The summed E-state index contributed by atoms with van der Waals surface area (Å²) < 4.78 is 62.6. The first kappa shape index (κ1) is 30.4.